The quantitative estimate of drug-likeness (QED) is 0.523. The van der Waals surface area contributed by atoms with E-state index < -0.39 is 4.92 Å². The largest absolute Gasteiger partial charge is 0.394 e. The van der Waals surface area contributed by atoms with Crippen molar-refractivity contribution in [2.45, 2.75) is 12.5 Å². The van der Waals surface area contributed by atoms with Gasteiger partial charge in [-0.2, -0.15) is 5.26 Å². The number of nitrogens with one attached hydrogen (secondary N) is 1. The van der Waals surface area contributed by atoms with Crippen LogP contribution in [-0.2, 0) is 6.42 Å². The lowest BCUT2D eigenvalue weighted by molar-refractivity contribution is -0.384. The molecule has 1 aromatic heterocycles. The van der Waals surface area contributed by atoms with E-state index in [9.17, 15) is 20.5 Å². The number of benzene rings is 2. The molecule has 130 valence electrons. The Kier molecular flexibility index (Phi) is 5.06. The third kappa shape index (κ3) is 3.77. The highest BCUT2D eigenvalue weighted by Crippen LogP contribution is 2.25. The van der Waals surface area contributed by atoms with E-state index in [0.29, 0.717) is 23.1 Å². The van der Waals surface area contributed by atoms with E-state index >= 15 is 0 Å². The summed E-state index contributed by atoms with van der Waals surface area (Å²) in [6, 6.07) is 17.3. The third-order valence-electron chi connectivity index (χ3n) is 4.02. The van der Waals surface area contributed by atoms with Gasteiger partial charge < -0.3 is 10.4 Å². The number of fused-ring (bicyclic) bond motifs is 1. The Labute approximate surface area is 149 Å². The average Bonchev–Trinajstić information content (AvgIpc) is 2.67. The number of aliphatic hydroxyl groups is 1. The molecule has 0 fully saturated rings. The topological polar surface area (TPSA) is 112 Å². The van der Waals surface area contributed by atoms with Crippen LogP contribution in [0.25, 0.3) is 10.9 Å². The molecule has 0 radical (unpaired) electrons. The highest BCUT2D eigenvalue weighted by Gasteiger charge is 2.14. The van der Waals surface area contributed by atoms with E-state index in [1.54, 1.807) is 6.07 Å². The van der Waals surface area contributed by atoms with E-state index in [4.69, 9.17) is 0 Å². The number of aliphatic hydroxyl groups excluding tert-OH is 1. The predicted molar refractivity (Wildman–Crippen MR) is 97.8 cm³/mol. The van der Waals surface area contributed by atoms with Crippen molar-refractivity contribution in [3.63, 3.8) is 0 Å². The number of non-ortho nitro benzene ring substituents is 1. The molecule has 0 saturated heterocycles. The molecule has 7 nitrogen and oxygen atoms in total. The predicted octanol–water partition coefficient (Wildman–Crippen LogP) is 3.03. The van der Waals surface area contributed by atoms with Crippen LogP contribution in [0.5, 0.6) is 0 Å². The van der Waals surface area contributed by atoms with Crippen LogP contribution in [-0.4, -0.2) is 27.7 Å². The number of aromatic nitrogens is 1. The molecule has 0 amide bonds. The molecule has 2 N–H and O–H groups in total. The van der Waals surface area contributed by atoms with Crippen molar-refractivity contribution >= 4 is 22.4 Å². The van der Waals surface area contributed by atoms with E-state index in [2.05, 4.69) is 16.4 Å². The van der Waals surface area contributed by atoms with Crippen LogP contribution < -0.4 is 5.32 Å². The van der Waals surface area contributed by atoms with Gasteiger partial charge in [-0.1, -0.05) is 30.3 Å². The Morgan fingerprint density at radius 3 is 2.65 bits per heavy atom. The van der Waals surface area contributed by atoms with Gasteiger partial charge in [-0.05, 0) is 24.1 Å². The van der Waals surface area contributed by atoms with Gasteiger partial charge in [0.1, 0.15) is 5.82 Å². The van der Waals surface area contributed by atoms with Crippen molar-refractivity contribution in [2.24, 2.45) is 0 Å². The molecule has 1 unspecified atom stereocenters. The number of nitriles is 1. The molecule has 0 saturated carbocycles. The van der Waals surface area contributed by atoms with Gasteiger partial charge in [-0.15, -0.1) is 0 Å². The summed E-state index contributed by atoms with van der Waals surface area (Å²) in [6.07, 6.45) is 0.596. The molecule has 0 aliphatic carbocycles. The van der Waals surface area contributed by atoms with Gasteiger partial charge in [-0.25, -0.2) is 4.98 Å². The van der Waals surface area contributed by atoms with Crippen LogP contribution in [0.1, 0.15) is 11.1 Å². The maximum atomic E-state index is 10.9. The number of hydrogen-bond acceptors (Lipinski definition) is 6. The minimum atomic E-state index is -0.506. The number of rotatable bonds is 6. The summed E-state index contributed by atoms with van der Waals surface area (Å²) in [4.78, 5) is 14.8. The molecular weight excluding hydrogens is 332 g/mol. The van der Waals surface area contributed by atoms with Crippen molar-refractivity contribution in [1.29, 1.82) is 5.26 Å². The van der Waals surface area contributed by atoms with Gasteiger partial charge in [0.2, 0.25) is 0 Å². The Morgan fingerprint density at radius 2 is 2.00 bits per heavy atom. The molecule has 0 spiro atoms. The van der Waals surface area contributed by atoms with Gasteiger partial charge in [0.25, 0.3) is 5.69 Å². The summed E-state index contributed by atoms with van der Waals surface area (Å²) in [5.41, 5.74) is 1.75. The number of pyridine rings is 1. The van der Waals surface area contributed by atoms with Crippen LogP contribution in [0.4, 0.5) is 11.5 Å². The molecule has 1 heterocycles. The van der Waals surface area contributed by atoms with Crippen molar-refractivity contribution in [2.75, 3.05) is 11.9 Å². The first-order valence-electron chi connectivity index (χ1n) is 8.01. The Morgan fingerprint density at radius 1 is 1.23 bits per heavy atom. The zero-order valence-electron chi connectivity index (χ0n) is 13.8. The first-order valence-corrected chi connectivity index (χ1v) is 8.01. The van der Waals surface area contributed by atoms with E-state index in [0.717, 1.165) is 5.56 Å². The van der Waals surface area contributed by atoms with Gasteiger partial charge in [0.15, 0.2) is 0 Å². The molecule has 3 rings (SSSR count). The molecular formula is C19H16N4O3. The summed E-state index contributed by atoms with van der Waals surface area (Å²) in [5, 5.41) is 33.5. The molecule has 2 aromatic carbocycles. The minimum absolute atomic E-state index is 0.0891. The molecule has 0 bridgehead atoms. The Hall–Kier alpha value is -3.50. The lowest BCUT2D eigenvalue weighted by atomic mass is 10.1. The van der Waals surface area contributed by atoms with Crippen molar-refractivity contribution in [1.82, 2.24) is 4.98 Å². The highest BCUT2D eigenvalue weighted by molar-refractivity contribution is 5.88. The van der Waals surface area contributed by atoms with Crippen LogP contribution in [0.2, 0.25) is 0 Å². The lowest BCUT2D eigenvalue weighted by Gasteiger charge is -2.17. The second-order valence-corrected chi connectivity index (χ2v) is 5.84. The zero-order valence-corrected chi connectivity index (χ0v) is 13.8. The second-order valence-electron chi connectivity index (χ2n) is 5.84. The maximum absolute atomic E-state index is 10.9. The molecule has 7 heteroatoms. The number of nitro benzene ring substituents is 1. The highest BCUT2D eigenvalue weighted by atomic mass is 16.6. The smallest absolute Gasteiger partial charge is 0.270 e. The summed E-state index contributed by atoms with van der Waals surface area (Å²) in [5.74, 6) is 0.442. The van der Waals surface area contributed by atoms with E-state index in [1.165, 1.54) is 18.2 Å². The van der Waals surface area contributed by atoms with Gasteiger partial charge >= 0.3 is 0 Å². The first-order chi connectivity index (χ1) is 12.6. The number of nitro groups is 1. The van der Waals surface area contributed by atoms with Crippen LogP contribution >= 0.6 is 0 Å². The SMILES string of the molecule is N#Cc1cc(NC(CO)Cc2ccccc2)nc2ccc([N+](=O)[O-])cc12. The normalized spacial score (nSPS) is 11.7. The van der Waals surface area contributed by atoms with Crippen molar-refractivity contribution in [3.8, 4) is 6.07 Å². The maximum Gasteiger partial charge on any atom is 0.270 e. The van der Waals surface area contributed by atoms with Gasteiger partial charge in [-0.3, -0.25) is 10.1 Å². The summed E-state index contributed by atoms with van der Waals surface area (Å²) >= 11 is 0. The third-order valence-corrected chi connectivity index (χ3v) is 4.02. The van der Waals surface area contributed by atoms with E-state index in [-0.39, 0.29) is 23.9 Å². The van der Waals surface area contributed by atoms with Crippen molar-refractivity contribution in [3.05, 3.63) is 75.8 Å². The lowest BCUT2D eigenvalue weighted by Crippen LogP contribution is -2.26. The average molecular weight is 348 g/mol. The fourth-order valence-corrected chi connectivity index (χ4v) is 2.76. The monoisotopic (exact) mass is 348 g/mol. The molecule has 0 aliphatic rings. The second kappa shape index (κ2) is 7.59. The van der Waals surface area contributed by atoms with Gasteiger partial charge in [0.05, 0.1) is 34.7 Å². The summed E-state index contributed by atoms with van der Waals surface area (Å²) in [7, 11) is 0. The number of anilines is 1. The van der Waals surface area contributed by atoms with Gasteiger partial charge in [0, 0.05) is 17.5 Å². The molecule has 0 aliphatic heterocycles. The molecule has 3 aromatic rings. The minimum Gasteiger partial charge on any atom is -0.394 e. The van der Waals surface area contributed by atoms with Crippen LogP contribution in [0, 0.1) is 21.4 Å². The Bertz CT molecular complexity index is 983. The van der Waals surface area contributed by atoms with Crippen LogP contribution in [0.3, 0.4) is 0 Å². The van der Waals surface area contributed by atoms with Crippen molar-refractivity contribution < 1.29 is 10.0 Å². The number of hydrogen-bond donors (Lipinski definition) is 2. The number of nitrogens with zero attached hydrogens (tertiary/aromatic N) is 3. The first kappa shape index (κ1) is 17.3. The molecule has 26 heavy (non-hydrogen) atoms. The fraction of sp³-hybridized carbons (Fsp3) is 0.158. The Balaban J connectivity index is 1.91. The zero-order chi connectivity index (χ0) is 18.5. The standard InChI is InChI=1S/C19H16N4O3/c20-11-14-9-19(21-15(12-24)8-13-4-2-1-3-5-13)22-18-7-6-16(23(25)26)10-17(14)18/h1-7,9-10,15,24H,8,12H2,(H,21,22). The van der Waals surface area contributed by atoms with Crippen LogP contribution in [0.15, 0.2) is 54.6 Å². The summed E-state index contributed by atoms with van der Waals surface area (Å²) in [6.45, 7) is -0.100. The van der Waals surface area contributed by atoms with E-state index in [1.807, 2.05) is 30.3 Å². The molecule has 1 atom stereocenters. The summed E-state index contributed by atoms with van der Waals surface area (Å²) < 4.78 is 0. The fourth-order valence-electron chi connectivity index (χ4n) is 2.76.